The van der Waals surface area contributed by atoms with Crippen molar-refractivity contribution in [2.45, 2.75) is 0 Å². The van der Waals surface area contributed by atoms with Crippen molar-refractivity contribution in [3.8, 4) is 11.4 Å². The van der Waals surface area contributed by atoms with Crippen LogP contribution in [-0.2, 0) is 0 Å². The molecule has 0 radical (unpaired) electrons. The van der Waals surface area contributed by atoms with E-state index in [1.807, 2.05) is 0 Å². The van der Waals surface area contributed by atoms with Crippen molar-refractivity contribution in [2.75, 3.05) is 0 Å². The van der Waals surface area contributed by atoms with Crippen LogP contribution in [0, 0.1) is 5.95 Å². The smallest absolute Gasteiger partial charge is 0.220 e. The van der Waals surface area contributed by atoms with E-state index in [0.717, 1.165) is 0 Å². The summed E-state index contributed by atoms with van der Waals surface area (Å²) in [6, 6.07) is 5.27. The molecule has 2 aromatic heterocycles. The maximum Gasteiger partial charge on any atom is 0.220 e. The lowest BCUT2D eigenvalue weighted by atomic mass is 10.3. The number of pyridine rings is 1. The van der Waals surface area contributed by atoms with E-state index in [1.165, 1.54) is 6.33 Å². The number of H-pyrrole nitrogens is 1. The minimum atomic E-state index is -0.450. The average Bonchev–Trinajstić information content (AvgIpc) is 2.53. The Labute approximate surface area is 68.3 Å². The Balaban J connectivity index is 2.51. The summed E-state index contributed by atoms with van der Waals surface area (Å²) in [4.78, 5) is 10.1. The van der Waals surface area contributed by atoms with E-state index in [0.29, 0.717) is 5.69 Å². The normalized spacial score (nSPS) is 10.1. The molecule has 0 fully saturated rings. The van der Waals surface area contributed by atoms with Crippen LogP contribution in [0.1, 0.15) is 0 Å². The van der Waals surface area contributed by atoms with Crippen molar-refractivity contribution >= 4 is 0 Å². The summed E-state index contributed by atoms with van der Waals surface area (Å²) in [7, 11) is 0. The van der Waals surface area contributed by atoms with Gasteiger partial charge in [-0.25, -0.2) is 4.98 Å². The third-order valence-corrected chi connectivity index (χ3v) is 1.50. The van der Waals surface area contributed by atoms with Crippen LogP contribution in [0.15, 0.2) is 30.7 Å². The van der Waals surface area contributed by atoms with E-state index in [-0.39, 0.29) is 5.69 Å². The number of aromatic amines is 1. The summed E-state index contributed by atoms with van der Waals surface area (Å²) in [5.41, 5.74) is 0.798. The lowest BCUT2D eigenvalue weighted by Gasteiger charge is -1.92. The summed E-state index contributed by atoms with van der Waals surface area (Å²) >= 11 is 0. The SMILES string of the molecule is Fc1[nH]cnc1-c1ccccn1. The van der Waals surface area contributed by atoms with Crippen LogP contribution in [0.4, 0.5) is 4.39 Å². The molecule has 4 heteroatoms. The van der Waals surface area contributed by atoms with Gasteiger partial charge in [0.05, 0.1) is 12.0 Å². The zero-order valence-corrected chi connectivity index (χ0v) is 6.16. The summed E-state index contributed by atoms with van der Waals surface area (Å²) in [6.07, 6.45) is 2.91. The van der Waals surface area contributed by atoms with Gasteiger partial charge >= 0.3 is 0 Å². The van der Waals surface area contributed by atoms with Crippen LogP contribution in [0.3, 0.4) is 0 Å². The van der Waals surface area contributed by atoms with Gasteiger partial charge in [-0.15, -0.1) is 0 Å². The lowest BCUT2D eigenvalue weighted by molar-refractivity contribution is 0.594. The fourth-order valence-corrected chi connectivity index (χ4v) is 0.960. The van der Waals surface area contributed by atoms with Gasteiger partial charge in [-0.3, -0.25) is 4.98 Å². The first-order chi connectivity index (χ1) is 5.88. The second kappa shape index (κ2) is 2.73. The molecule has 0 aliphatic carbocycles. The molecule has 0 aromatic carbocycles. The van der Waals surface area contributed by atoms with Crippen LogP contribution >= 0.6 is 0 Å². The monoisotopic (exact) mass is 163 g/mol. The summed E-state index contributed by atoms with van der Waals surface area (Å²) < 4.78 is 12.9. The Morgan fingerprint density at radius 2 is 2.17 bits per heavy atom. The van der Waals surface area contributed by atoms with Gasteiger partial charge in [-0.05, 0) is 12.1 Å². The second-order valence-corrected chi connectivity index (χ2v) is 2.28. The quantitative estimate of drug-likeness (QED) is 0.693. The third kappa shape index (κ3) is 1.07. The van der Waals surface area contributed by atoms with Gasteiger partial charge in [0.25, 0.3) is 0 Å². The number of aromatic nitrogens is 3. The van der Waals surface area contributed by atoms with Gasteiger partial charge < -0.3 is 4.98 Å². The highest BCUT2D eigenvalue weighted by molar-refractivity contribution is 5.52. The standard InChI is InChI=1S/C8H6FN3/c9-8-7(11-5-12-8)6-3-1-2-4-10-6/h1-5H,(H,11,12). The maximum absolute atomic E-state index is 12.9. The Morgan fingerprint density at radius 1 is 1.25 bits per heavy atom. The summed E-state index contributed by atoms with van der Waals surface area (Å²) in [6.45, 7) is 0. The van der Waals surface area contributed by atoms with Crippen molar-refractivity contribution in [3.05, 3.63) is 36.7 Å². The van der Waals surface area contributed by atoms with Gasteiger partial charge in [-0.2, -0.15) is 4.39 Å². The number of nitrogens with zero attached hydrogens (tertiary/aromatic N) is 2. The molecule has 1 N–H and O–H groups in total. The highest BCUT2D eigenvalue weighted by Crippen LogP contribution is 2.14. The van der Waals surface area contributed by atoms with Gasteiger partial charge in [-0.1, -0.05) is 6.07 Å². The molecule has 3 nitrogen and oxygen atoms in total. The fourth-order valence-electron chi connectivity index (χ4n) is 0.960. The first-order valence-corrected chi connectivity index (χ1v) is 3.48. The molecule has 0 saturated heterocycles. The Kier molecular flexibility index (Phi) is 1.59. The molecule has 2 heterocycles. The van der Waals surface area contributed by atoms with Crippen molar-refractivity contribution in [1.82, 2.24) is 15.0 Å². The number of rotatable bonds is 1. The van der Waals surface area contributed by atoms with E-state index >= 15 is 0 Å². The van der Waals surface area contributed by atoms with Crippen molar-refractivity contribution < 1.29 is 4.39 Å². The number of hydrogen-bond acceptors (Lipinski definition) is 2. The molecule has 0 atom stereocenters. The molecule has 12 heavy (non-hydrogen) atoms. The van der Waals surface area contributed by atoms with Gasteiger partial charge in [0.1, 0.15) is 5.69 Å². The Morgan fingerprint density at radius 3 is 2.75 bits per heavy atom. The van der Waals surface area contributed by atoms with Crippen molar-refractivity contribution in [2.24, 2.45) is 0 Å². The molecular weight excluding hydrogens is 157 g/mol. The predicted octanol–water partition coefficient (Wildman–Crippen LogP) is 1.61. The fraction of sp³-hybridized carbons (Fsp3) is 0. The van der Waals surface area contributed by atoms with Crippen LogP contribution in [-0.4, -0.2) is 15.0 Å². The van der Waals surface area contributed by atoms with Gasteiger partial charge in [0.2, 0.25) is 5.95 Å². The predicted molar refractivity (Wildman–Crippen MR) is 41.8 cm³/mol. The highest BCUT2D eigenvalue weighted by atomic mass is 19.1. The zero-order valence-electron chi connectivity index (χ0n) is 6.16. The lowest BCUT2D eigenvalue weighted by Crippen LogP contribution is -1.84. The number of nitrogens with one attached hydrogen (secondary N) is 1. The Hall–Kier alpha value is -1.71. The van der Waals surface area contributed by atoms with Crippen molar-refractivity contribution in [3.63, 3.8) is 0 Å². The van der Waals surface area contributed by atoms with Crippen LogP contribution in [0.2, 0.25) is 0 Å². The molecule has 2 aromatic rings. The minimum Gasteiger partial charge on any atom is -0.321 e. The van der Waals surface area contributed by atoms with E-state index < -0.39 is 5.95 Å². The molecule has 0 aliphatic rings. The molecule has 0 aliphatic heterocycles. The highest BCUT2D eigenvalue weighted by Gasteiger charge is 2.06. The maximum atomic E-state index is 12.9. The van der Waals surface area contributed by atoms with E-state index in [2.05, 4.69) is 15.0 Å². The molecule has 0 bridgehead atoms. The largest absolute Gasteiger partial charge is 0.321 e. The second-order valence-electron chi connectivity index (χ2n) is 2.28. The van der Waals surface area contributed by atoms with Crippen LogP contribution in [0.25, 0.3) is 11.4 Å². The first kappa shape index (κ1) is 6.97. The van der Waals surface area contributed by atoms with Crippen molar-refractivity contribution in [1.29, 1.82) is 0 Å². The van der Waals surface area contributed by atoms with Crippen LogP contribution < -0.4 is 0 Å². The molecule has 0 saturated carbocycles. The van der Waals surface area contributed by atoms with E-state index in [4.69, 9.17) is 0 Å². The van der Waals surface area contributed by atoms with Gasteiger partial charge in [0.15, 0.2) is 0 Å². The first-order valence-electron chi connectivity index (χ1n) is 3.48. The minimum absolute atomic E-state index is 0.260. The van der Waals surface area contributed by atoms with Crippen LogP contribution in [0.5, 0.6) is 0 Å². The summed E-state index contributed by atoms with van der Waals surface area (Å²) in [5, 5.41) is 0. The number of hydrogen-bond donors (Lipinski definition) is 1. The molecule has 0 unspecified atom stereocenters. The zero-order chi connectivity index (χ0) is 8.39. The third-order valence-electron chi connectivity index (χ3n) is 1.50. The molecular formula is C8H6FN3. The topological polar surface area (TPSA) is 41.6 Å². The van der Waals surface area contributed by atoms with Gasteiger partial charge in [0, 0.05) is 6.20 Å². The van der Waals surface area contributed by atoms with E-state index in [1.54, 1.807) is 24.4 Å². The molecule has 0 amide bonds. The molecule has 0 spiro atoms. The molecule has 2 rings (SSSR count). The Bertz CT molecular complexity index is 369. The summed E-state index contributed by atoms with van der Waals surface area (Å²) in [5.74, 6) is -0.450. The average molecular weight is 163 g/mol. The number of halogens is 1. The number of imidazole rings is 1. The molecule has 60 valence electrons. The van der Waals surface area contributed by atoms with E-state index in [9.17, 15) is 4.39 Å².